The zero-order chi connectivity index (χ0) is 11.3. The number of ether oxygens (including phenoxy) is 1. The minimum absolute atomic E-state index is 0.0950. The summed E-state index contributed by atoms with van der Waals surface area (Å²) in [4.78, 5) is 11.0. The molecule has 1 aromatic carbocycles. The van der Waals surface area contributed by atoms with Gasteiger partial charge >= 0.3 is 5.97 Å². The van der Waals surface area contributed by atoms with Crippen LogP contribution in [0.3, 0.4) is 0 Å². The van der Waals surface area contributed by atoms with Gasteiger partial charge in [-0.1, -0.05) is 30.3 Å². The summed E-state index contributed by atoms with van der Waals surface area (Å²) in [5, 5.41) is 18.2. The zero-order valence-electron chi connectivity index (χ0n) is 8.10. The first-order valence-electron chi connectivity index (χ1n) is 4.17. The van der Waals surface area contributed by atoms with Crippen molar-refractivity contribution < 1.29 is 14.6 Å². The number of carbonyl (C=O) groups excluding carboxylic acids is 1. The van der Waals surface area contributed by atoms with E-state index in [0.717, 1.165) is 7.11 Å². The van der Waals surface area contributed by atoms with E-state index in [1.54, 1.807) is 36.4 Å². The second-order valence-electron chi connectivity index (χ2n) is 2.69. The number of aliphatic hydroxyl groups excluding tert-OH is 1. The standard InChI is InChI=1S/C11H9NO3/c1-15-11(14)10(13)9(7-12)8-5-3-2-4-6-8/h2-6,13H,1H3/b10-9-. The molecule has 0 unspecified atom stereocenters. The number of allylic oxidation sites excluding steroid dienone is 1. The molecule has 0 aliphatic rings. The van der Waals surface area contributed by atoms with Crippen molar-refractivity contribution in [1.82, 2.24) is 0 Å². The van der Waals surface area contributed by atoms with Crippen molar-refractivity contribution in [2.24, 2.45) is 0 Å². The Balaban J connectivity index is 3.21. The van der Waals surface area contributed by atoms with Crippen LogP contribution < -0.4 is 0 Å². The Morgan fingerprint density at radius 3 is 2.47 bits per heavy atom. The second kappa shape index (κ2) is 4.82. The van der Waals surface area contributed by atoms with Gasteiger partial charge in [0.05, 0.1) is 7.11 Å². The average molecular weight is 203 g/mol. The Hall–Kier alpha value is -2.28. The van der Waals surface area contributed by atoms with E-state index in [0.29, 0.717) is 5.56 Å². The molecule has 0 fully saturated rings. The molecule has 0 aliphatic carbocycles. The summed E-state index contributed by atoms with van der Waals surface area (Å²) in [7, 11) is 1.14. The Kier molecular flexibility index (Phi) is 3.47. The van der Waals surface area contributed by atoms with Crippen LogP contribution in [0.2, 0.25) is 0 Å². The fourth-order valence-corrected chi connectivity index (χ4v) is 1.06. The molecule has 1 rings (SSSR count). The van der Waals surface area contributed by atoms with Crippen LogP contribution in [0.25, 0.3) is 5.57 Å². The topological polar surface area (TPSA) is 70.3 Å². The Bertz CT molecular complexity index is 429. The normalized spacial score (nSPS) is 11.2. The largest absolute Gasteiger partial charge is 0.501 e. The smallest absolute Gasteiger partial charge is 0.374 e. The molecule has 0 aromatic heterocycles. The van der Waals surface area contributed by atoms with E-state index in [-0.39, 0.29) is 5.57 Å². The van der Waals surface area contributed by atoms with Gasteiger partial charge in [-0.3, -0.25) is 0 Å². The van der Waals surface area contributed by atoms with Gasteiger partial charge in [0.2, 0.25) is 5.76 Å². The maximum Gasteiger partial charge on any atom is 0.374 e. The summed E-state index contributed by atoms with van der Waals surface area (Å²) in [6, 6.07) is 10.2. The first kappa shape index (κ1) is 10.8. The highest BCUT2D eigenvalue weighted by Crippen LogP contribution is 2.16. The highest BCUT2D eigenvalue weighted by atomic mass is 16.5. The van der Waals surface area contributed by atoms with Gasteiger partial charge in [-0.2, -0.15) is 5.26 Å². The number of carbonyl (C=O) groups is 1. The van der Waals surface area contributed by atoms with E-state index in [9.17, 15) is 9.90 Å². The van der Waals surface area contributed by atoms with Gasteiger partial charge in [-0.25, -0.2) is 4.79 Å². The maximum atomic E-state index is 11.0. The molecule has 0 spiro atoms. The summed E-state index contributed by atoms with van der Waals surface area (Å²) in [5.74, 6) is -1.60. The van der Waals surface area contributed by atoms with Crippen LogP contribution in [0.15, 0.2) is 36.1 Å². The van der Waals surface area contributed by atoms with Gasteiger partial charge < -0.3 is 9.84 Å². The molecule has 0 heterocycles. The van der Waals surface area contributed by atoms with Gasteiger partial charge in [0, 0.05) is 0 Å². The summed E-state index contributed by atoms with van der Waals surface area (Å²) in [6.45, 7) is 0. The molecule has 0 saturated heterocycles. The summed E-state index contributed by atoms with van der Waals surface area (Å²) < 4.78 is 4.32. The third-order valence-corrected chi connectivity index (χ3v) is 1.79. The molecule has 0 bridgehead atoms. The zero-order valence-corrected chi connectivity index (χ0v) is 8.10. The number of hydrogen-bond acceptors (Lipinski definition) is 4. The van der Waals surface area contributed by atoms with Crippen molar-refractivity contribution in [1.29, 1.82) is 5.26 Å². The molecule has 15 heavy (non-hydrogen) atoms. The lowest BCUT2D eigenvalue weighted by Gasteiger charge is -2.01. The fraction of sp³-hybridized carbons (Fsp3) is 0.0909. The molecule has 1 N–H and O–H groups in total. The minimum Gasteiger partial charge on any atom is -0.501 e. The van der Waals surface area contributed by atoms with E-state index in [4.69, 9.17) is 5.26 Å². The highest BCUT2D eigenvalue weighted by Gasteiger charge is 2.15. The lowest BCUT2D eigenvalue weighted by atomic mass is 10.1. The molecular formula is C11H9NO3. The lowest BCUT2D eigenvalue weighted by molar-refractivity contribution is -0.138. The van der Waals surface area contributed by atoms with Crippen LogP contribution >= 0.6 is 0 Å². The first-order valence-corrected chi connectivity index (χ1v) is 4.17. The van der Waals surface area contributed by atoms with Crippen molar-refractivity contribution in [3.63, 3.8) is 0 Å². The molecule has 0 amide bonds. The number of nitrogens with zero attached hydrogens (tertiary/aromatic N) is 1. The molecular weight excluding hydrogens is 194 g/mol. The van der Waals surface area contributed by atoms with Gasteiger partial charge in [0.15, 0.2) is 0 Å². The number of hydrogen-bond donors (Lipinski definition) is 1. The second-order valence-corrected chi connectivity index (χ2v) is 2.69. The van der Waals surface area contributed by atoms with E-state index in [2.05, 4.69) is 4.74 Å². The fourth-order valence-electron chi connectivity index (χ4n) is 1.06. The molecule has 0 atom stereocenters. The van der Waals surface area contributed by atoms with Crippen LogP contribution in [0.4, 0.5) is 0 Å². The third kappa shape index (κ3) is 2.35. The maximum absolute atomic E-state index is 11.0. The van der Waals surface area contributed by atoms with Crippen LogP contribution in [0, 0.1) is 11.3 Å². The van der Waals surface area contributed by atoms with Crippen LogP contribution in [-0.4, -0.2) is 18.2 Å². The summed E-state index contributed by atoms with van der Waals surface area (Å²) in [5.41, 5.74) is 0.380. The first-order chi connectivity index (χ1) is 7.20. The average Bonchev–Trinajstić information content (AvgIpc) is 2.30. The molecule has 4 heteroatoms. The SMILES string of the molecule is COC(=O)/C(O)=C(\C#N)c1ccccc1. The number of nitriles is 1. The van der Waals surface area contributed by atoms with Crippen molar-refractivity contribution in [3.8, 4) is 6.07 Å². The van der Waals surface area contributed by atoms with Crippen molar-refractivity contribution in [2.75, 3.05) is 7.11 Å². The van der Waals surface area contributed by atoms with Crippen molar-refractivity contribution in [2.45, 2.75) is 0 Å². The Morgan fingerprint density at radius 2 is 2.00 bits per heavy atom. The van der Waals surface area contributed by atoms with E-state index >= 15 is 0 Å². The van der Waals surface area contributed by atoms with Crippen LogP contribution in [-0.2, 0) is 9.53 Å². The predicted molar refractivity (Wildman–Crippen MR) is 53.6 cm³/mol. The molecule has 4 nitrogen and oxygen atoms in total. The molecule has 0 radical (unpaired) electrons. The minimum atomic E-state index is -0.921. The van der Waals surface area contributed by atoms with Crippen LogP contribution in [0.1, 0.15) is 5.56 Å². The van der Waals surface area contributed by atoms with Gasteiger partial charge in [0.25, 0.3) is 0 Å². The lowest BCUT2D eigenvalue weighted by Crippen LogP contribution is -2.06. The number of aliphatic hydroxyl groups is 1. The number of rotatable bonds is 2. The summed E-state index contributed by atoms with van der Waals surface area (Å²) in [6.07, 6.45) is 0. The van der Waals surface area contributed by atoms with Crippen molar-refractivity contribution >= 4 is 11.5 Å². The molecule has 0 aliphatic heterocycles. The molecule has 0 saturated carbocycles. The van der Waals surface area contributed by atoms with Gasteiger partial charge in [0.1, 0.15) is 11.6 Å². The van der Waals surface area contributed by atoms with Gasteiger partial charge in [-0.05, 0) is 5.56 Å². The summed E-state index contributed by atoms with van der Waals surface area (Å²) >= 11 is 0. The molecule has 1 aromatic rings. The Morgan fingerprint density at radius 1 is 1.40 bits per heavy atom. The van der Waals surface area contributed by atoms with E-state index in [1.165, 1.54) is 0 Å². The number of methoxy groups -OCH3 is 1. The Labute approximate surface area is 87.0 Å². The quantitative estimate of drug-likeness (QED) is 0.343. The van der Waals surface area contributed by atoms with Gasteiger partial charge in [-0.15, -0.1) is 0 Å². The van der Waals surface area contributed by atoms with Crippen LogP contribution in [0.5, 0.6) is 0 Å². The van der Waals surface area contributed by atoms with E-state index < -0.39 is 11.7 Å². The number of esters is 1. The number of benzene rings is 1. The third-order valence-electron chi connectivity index (χ3n) is 1.79. The predicted octanol–water partition coefficient (Wildman–Crippen LogP) is 1.65. The monoisotopic (exact) mass is 203 g/mol. The highest BCUT2D eigenvalue weighted by molar-refractivity contribution is 5.98. The molecule has 76 valence electrons. The van der Waals surface area contributed by atoms with E-state index in [1.807, 2.05) is 0 Å². The van der Waals surface area contributed by atoms with Crippen molar-refractivity contribution in [3.05, 3.63) is 41.7 Å².